The van der Waals surface area contributed by atoms with Crippen LogP contribution in [0.3, 0.4) is 0 Å². The highest BCUT2D eigenvalue weighted by atomic mass is 19.2. The number of rotatable bonds is 6. The Morgan fingerprint density at radius 1 is 1.30 bits per heavy atom. The number of ether oxygens (including phenoxy) is 1. The second kappa shape index (κ2) is 6.52. The lowest BCUT2D eigenvalue weighted by Gasteiger charge is -2.05. The topological polar surface area (TPSA) is 34.4 Å². The number of furan rings is 1. The van der Waals surface area contributed by atoms with Gasteiger partial charge in [-0.05, 0) is 31.7 Å². The Kier molecular flexibility index (Phi) is 4.74. The zero-order chi connectivity index (χ0) is 14.5. The third-order valence-corrected chi connectivity index (χ3v) is 2.92. The van der Waals surface area contributed by atoms with Gasteiger partial charge in [0.05, 0.1) is 0 Å². The lowest BCUT2D eigenvalue weighted by atomic mass is 10.2. The van der Waals surface area contributed by atoms with E-state index in [4.69, 9.17) is 9.15 Å². The van der Waals surface area contributed by atoms with Crippen molar-refractivity contribution in [2.24, 2.45) is 0 Å². The molecule has 0 aliphatic rings. The SMILES string of the molecule is CCNCc1cc(COc2cccc(F)c2F)oc1C. The lowest BCUT2D eigenvalue weighted by Crippen LogP contribution is -2.11. The van der Waals surface area contributed by atoms with Gasteiger partial charge in [0.2, 0.25) is 5.82 Å². The molecule has 108 valence electrons. The maximum atomic E-state index is 13.4. The van der Waals surface area contributed by atoms with Gasteiger partial charge in [0.15, 0.2) is 11.6 Å². The maximum Gasteiger partial charge on any atom is 0.200 e. The van der Waals surface area contributed by atoms with Gasteiger partial charge in [-0.1, -0.05) is 13.0 Å². The van der Waals surface area contributed by atoms with Crippen LogP contribution in [0.5, 0.6) is 5.75 Å². The van der Waals surface area contributed by atoms with E-state index in [0.717, 1.165) is 23.9 Å². The molecule has 1 N–H and O–H groups in total. The highest BCUT2D eigenvalue weighted by Gasteiger charge is 2.11. The first-order chi connectivity index (χ1) is 9.61. The molecule has 0 fully saturated rings. The summed E-state index contributed by atoms with van der Waals surface area (Å²) in [6.07, 6.45) is 0. The zero-order valence-electron chi connectivity index (χ0n) is 11.5. The molecule has 5 heteroatoms. The predicted octanol–water partition coefficient (Wildman–Crippen LogP) is 3.55. The molecule has 2 aromatic rings. The van der Waals surface area contributed by atoms with Crippen molar-refractivity contribution in [1.82, 2.24) is 5.32 Å². The van der Waals surface area contributed by atoms with Gasteiger partial charge in [-0.2, -0.15) is 4.39 Å². The van der Waals surface area contributed by atoms with Crippen LogP contribution in [0.15, 0.2) is 28.7 Å². The van der Waals surface area contributed by atoms with Crippen molar-refractivity contribution in [3.05, 3.63) is 53.0 Å². The first-order valence-electron chi connectivity index (χ1n) is 6.47. The molecule has 0 aliphatic carbocycles. The largest absolute Gasteiger partial charge is 0.482 e. The van der Waals surface area contributed by atoms with E-state index in [1.165, 1.54) is 12.1 Å². The molecule has 0 radical (unpaired) electrons. The second-order valence-corrected chi connectivity index (χ2v) is 4.42. The summed E-state index contributed by atoms with van der Waals surface area (Å²) >= 11 is 0. The third-order valence-electron chi connectivity index (χ3n) is 2.92. The van der Waals surface area contributed by atoms with Crippen LogP contribution in [-0.4, -0.2) is 6.54 Å². The van der Waals surface area contributed by atoms with E-state index in [1.807, 2.05) is 19.9 Å². The predicted molar refractivity (Wildman–Crippen MR) is 71.5 cm³/mol. The fourth-order valence-corrected chi connectivity index (χ4v) is 1.84. The van der Waals surface area contributed by atoms with Crippen LogP contribution in [0.25, 0.3) is 0 Å². The zero-order valence-corrected chi connectivity index (χ0v) is 11.5. The molecular weight excluding hydrogens is 264 g/mol. The number of nitrogens with one attached hydrogen (secondary N) is 1. The standard InChI is InChI=1S/C15H17F2NO2/c1-3-18-8-11-7-12(20-10(11)2)9-19-14-6-4-5-13(16)15(14)17/h4-7,18H,3,8-9H2,1-2H3. The van der Waals surface area contributed by atoms with Crippen LogP contribution in [0.4, 0.5) is 8.78 Å². The van der Waals surface area contributed by atoms with E-state index < -0.39 is 11.6 Å². The van der Waals surface area contributed by atoms with Gasteiger partial charge >= 0.3 is 0 Å². The monoisotopic (exact) mass is 281 g/mol. The molecule has 1 heterocycles. The number of benzene rings is 1. The molecule has 3 nitrogen and oxygen atoms in total. The van der Waals surface area contributed by atoms with Gasteiger partial charge in [0.25, 0.3) is 0 Å². The number of halogens is 2. The van der Waals surface area contributed by atoms with Gasteiger partial charge in [0, 0.05) is 12.1 Å². The van der Waals surface area contributed by atoms with Crippen LogP contribution < -0.4 is 10.1 Å². The first kappa shape index (κ1) is 14.5. The van der Waals surface area contributed by atoms with E-state index in [0.29, 0.717) is 12.3 Å². The van der Waals surface area contributed by atoms with Crippen molar-refractivity contribution < 1.29 is 17.9 Å². The Bertz CT molecular complexity index is 581. The fourth-order valence-electron chi connectivity index (χ4n) is 1.84. The highest BCUT2D eigenvalue weighted by Crippen LogP contribution is 2.21. The van der Waals surface area contributed by atoms with Gasteiger partial charge in [-0.3, -0.25) is 0 Å². The minimum Gasteiger partial charge on any atom is -0.482 e. The van der Waals surface area contributed by atoms with Crippen molar-refractivity contribution in [1.29, 1.82) is 0 Å². The second-order valence-electron chi connectivity index (χ2n) is 4.42. The molecule has 0 saturated heterocycles. The number of hydrogen-bond donors (Lipinski definition) is 1. The number of aryl methyl sites for hydroxylation is 1. The molecule has 0 unspecified atom stereocenters. The molecule has 0 amide bonds. The Morgan fingerprint density at radius 2 is 2.10 bits per heavy atom. The summed E-state index contributed by atoms with van der Waals surface area (Å²) in [7, 11) is 0. The highest BCUT2D eigenvalue weighted by molar-refractivity contribution is 5.26. The summed E-state index contributed by atoms with van der Waals surface area (Å²) < 4.78 is 37.2. The van der Waals surface area contributed by atoms with E-state index >= 15 is 0 Å². The molecule has 0 saturated carbocycles. The van der Waals surface area contributed by atoms with Crippen LogP contribution in [0.2, 0.25) is 0 Å². The van der Waals surface area contributed by atoms with Crippen LogP contribution in [-0.2, 0) is 13.2 Å². The maximum absolute atomic E-state index is 13.4. The third kappa shape index (κ3) is 3.36. The Balaban J connectivity index is 2.02. The molecular formula is C15H17F2NO2. The minimum atomic E-state index is -0.983. The first-order valence-corrected chi connectivity index (χ1v) is 6.47. The summed E-state index contributed by atoms with van der Waals surface area (Å²) in [5, 5.41) is 3.20. The molecule has 0 spiro atoms. The van der Waals surface area contributed by atoms with Crippen LogP contribution >= 0.6 is 0 Å². The van der Waals surface area contributed by atoms with Gasteiger partial charge in [-0.15, -0.1) is 0 Å². The van der Waals surface area contributed by atoms with Crippen molar-refractivity contribution in [2.75, 3.05) is 6.54 Å². The fraction of sp³-hybridized carbons (Fsp3) is 0.333. The normalized spacial score (nSPS) is 10.8. The quantitative estimate of drug-likeness (QED) is 0.879. The van der Waals surface area contributed by atoms with Crippen LogP contribution in [0, 0.1) is 18.6 Å². The Hall–Kier alpha value is -1.88. The van der Waals surface area contributed by atoms with Crippen molar-refractivity contribution in [3.63, 3.8) is 0 Å². The van der Waals surface area contributed by atoms with E-state index in [1.54, 1.807) is 0 Å². The number of hydrogen-bond acceptors (Lipinski definition) is 3. The van der Waals surface area contributed by atoms with Gasteiger partial charge in [0.1, 0.15) is 18.1 Å². The van der Waals surface area contributed by atoms with Gasteiger partial charge in [-0.25, -0.2) is 4.39 Å². The van der Waals surface area contributed by atoms with E-state index in [-0.39, 0.29) is 12.4 Å². The summed E-state index contributed by atoms with van der Waals surface area (Å²) in [5.41, 5.74) is 1.03. The molecule has 2 rings (SSSR count). The summed E-state index contributed by atoms with van der Waals surface area (Å²) in [6, 6.07) is 5.69. The molecule has 0 aliphatic heterocycles. The van der Waals surface area contributed by atoms with Crippen molar-refractivity contribution >= 4 is 0 Å². The van der Waals surface area contributed by atoms with Crippen LogP contribution in [0.1, 0.15) is 24.0 Å². The molecule has 0 atom stereocenters. The van der Waals surface area contributed by atoms with Crippen molar-refractivity contribution in [2.45, 2.75) is 27.0 Å². The summed E-state index contributed by atoms with van der Waals surface area (Å²) in [4.78, 5) is 0. The Labute approximate surface area is 116 Å². The van der Waals surface area contributed by atoms with E-state index in [2.05, 4.69) is 5.32 Å². The molecule has 20 heavy (non-hydrogen) atoms. The van der Waals surface area contributed by atoms with Crippen molar-refractivity contribution in [3.8, 4) is 5.75 Å². The van der Waals surface area contributed by atoms with Gasteiger partial charge < -0.3 is 14.5 Å². The Morgan fingerprint density at radius 3 is 2.85 bits per heavy atom. The van der Waals surface area contributed by atoms with E-state index in [9.17, 15) is 8.78 Å². The molecule has 1 aromatic carbocycles. The average Bonchev–Trinajstić information content (AvgIpc) is 2.78. The lowest BCUT2D eigenvalue weighted by molar-refractivity contribution is 0.252. The minimum absolute atomic E-state index is 0.0628. The average molecular weight is 281 g/mol. The molecule has 0 bridgehead atoms. The smallest absolute Gasteiger partial charge is 0.200 e. The molecule has 1 aromatic heterocycles. The summed E-state index contributed by atoms with van der Waals surface area (Å²) in [5.74, 6) is -0.648. The summed E-state index contributed by atoms with van der Waals surface area (Å²) in [6.45, 7) is 5.52.